The Morgan fingerprint density at radius 3 is 2.71 bits per heavy atom. The highest BCUT2D eigenvalue weighted by atomic mass is 79.9. The van der Waals surface area contributed by atoms with E-state index < -0.39 is 5.60 Å². The molecule has 2 aromatic heterocycles. The van der Waals surface area contributed by atoms with Gasteiger partial charge in [-0.2, -0.15) is 0 Å². The van der Waals surface area contributed by atoms with Gasteiger partial charge in [-0.1, -0.05) is 15.9 Å². The van der Waals surface area contributed by atoms with E-state index in [1.165, 1.54) is 6.33 Å². The number of benzene rings is 1. The first-order chi connectivity index (χ1) is 11.2. The second-order valence-corrected chi connectivity index (χ2v) is 7.66. The maximum absolute atomic E-state index is 12.3. The Morgan fingerprint density at radius 1 is 1.33 bits per heavy atom. The molecule has 0 atom stereocenters. The quantitative estimate of drug-likeness (QED) is 0.676. The Hall–Kier alpha value is -2.15. The van der Waals surface area contributed by atoms with Crippen LogP contribution >= 0.6 is 15.9 Å². The zero-order valence-corrected chi connectivity index (χ0v) is 15.6. The minimum atomic E-state index is -0.540. The van der Waals surface area contributed by atoms with Crippen LogP contribution in [0.2, 0.25) is 0 Å². The first-order valence-corrected chi connectivity index (χ1v) is 8.37. The Bertz CT molecular complexity index is 957. The molecule has 0 fully saturated rings. The van der Waals surface area contributed by atoms with Gasteiger partial charge in [0.2, 0.25) is 0 Å². The van der Waals surface area contributed by atoms with Crippen molar-refractivity contribution in [3.63, 3.8) is 0 Å². The Morgan fingerprint density at radius 2 is 2.04 bits per heavy atom. The van der Waals surface area contributed by atoms with E-state index in [0.29, 0.717) is 11.5 Å². The van der Waals surface area contributed by atoms with E-state index in [-0.39, 0.29) is 12.5 Å². The maximum atomic E-state index is 12.3. The number of nitrogens with zero attached hydrogens (tertiary/aromatic N) is 3. The Balaban J connectivity index is 2.26. The lowest BCUT2D eigenvalue weighted by Crippen LogP contribution is -2.26. The van der Waals surface area contributed by atoms with E-state index in [0.717, 1.165) is 26.3 Å². The fraction of sp³-hybridized carbons (Fsp3) is 0.353. The van der Waals surface area contributed by atoms with Crippen molar-refractivity contribution in [3.8, 4) is 0 Å². The van der Waals surface area contributed by atoms with Crippen LogP contribution < -0.4 is 5.73 Å². The van der Waals surface area contributed by atoms with Gasteiger partial charge in [-0.05, 0) is 45.4 Å². The molecule has 0 saturated heterocycles. The molecule has 3 rings (SSSR count). The monoisotopic (exact) mass is 390 g/mol. The molecule has 24 heavy (non-hydrogen) atoms. The van der Waals surface area contributed by atoms with Gasteiger partial charge in [0.25, 0.3) is 0 Å². The van der Waals surface area contributed by atoms with E-state index in [4.69, 9.17) is 10.5 Å². The topological polar surface area (TPSA) is 83.0 Å². The lowest BCUT2D eigenvalue weighted by Gasteiger charge is -2.20. The second-order valence-electron chi connectivity index (χ2n) is 6.75. The molecule has 0 saturated carbocycles. The van der Waals surface area contributed by atoms with Crippen LogP contribution in [0.5, 0.6) is 0 Å². The van der Waals surface area contributed by atoms with Crippen molar-refractivity contribution >= 4 is 49.7 Å². The van der Waals surface area contributed by atoms with Crippen molar-refractivity contribution in [3.05, 3.63) is 28.5 Å². The van der Waals surface area contributed by atoms with Crippen LogP contribution in [0.4, 0.5) is 5.82 Å². The van der Waals surface area contributed by atoms with Gasteiger partial charge < -0.3 is 15.0 Å². The molecule has 1 aromatic carbocycles. The minimum absolute atomic E-state index is 0.0657. The average Bonchev–Trinajstić information content (AvgIpc) is 2.72. The highest BCUT2D eigenvalue weighted by molar-refractivity contribution is 9.10. The fourth-order valence-corrected chi connectivity index (χ4v) is 3.47. The highest BCUT2D eigenvalue weighted by Gasteiger charge is 2.22. The van der Waals surface area contributed by atoms with Gasteiger partial charge in [0.15, 0.2) is 0 Å². The molecule has 0 bridgehead atoms. The number of aryl methyl sites for hydroxylation is 1. The number of fused-ring (bicyclic) bond motifs is 3. The van der Waals surface area contributed by atoms with E-state index in [1.54, 1.807) is 0 Å². The molecule has 0 unspecified atom stereocenters. The van der Waals surface area contributed by atoms with Crippen LogP contribution in [-0.2, 0) is 16.1 Å². The molecule has 2 N–H and O–H groups in total. The van der Waals surface area contributed by atoms with Gasteiger partial charge in [0, 0.05) is 9.86 Å². The van der Waals surface area contributed by atoms with Gasteiger partial charge in [0.05, 0.1) is 10.9 Å². The van der Waals surface area contributed by atoms with Gasteiger partial charge in [-0.25, -0.2) is 9.97 Å². The summed E-state index contributed by atoms with van der Waals surface area (Å²) in [5.41, 5.74) is 8.08. The number of esters is 1. The first-order valence-electron chi connectivity index (χ1n) is 7.58. The number of halogens is 1. The predicted molar refractivity (Wildman–Crippen MR) is 97.7 cm³/mol. The molecule has 3 aromatic rings. The largest absolute Gasteiger partial charge is 0.459 e. The maximum Gasteiger partial charge on any atom is 0.326 e. The SMILES string of the molecule is Cc1cc(Br)cc2c3c(N)ncnc3n(CC(=O)OC(C)(C)C)c12. The van der Waals surface area contributed by atoms with Crippen LogP contribution in [0, 0.1) is 6.92 Å². The van der Waals surface area contributed by atoms with Crippen LogP contribution in [0.3, 0.4) is 0 Å². The molecule has 0 radical (unpaired) electrons. The van der Waals surface area contributed by atoms with E-state index in [1.807, 2.05) is 44.4 Å². The average molecular weight is 391 g/mol. The van der Waals surface area contributed by atoms with Crippen molar-refractivity contribution in [1.82, 2.24) is 14.5 Å². The molecule has 0 amide bonds. The first kappa shape index (κ1) is 16.7. The summed E-state index contributed by atoms with van der Waals surface area (Å²) < 4.78 is 8.24. The van der Waals surface area contributed by atoms with Gasteiger partial charge >= 0.3 is 5.97 Å². The molecule has 7 heteroatoms. The Labute approximate surface area is 148 Å². The highest BCUT2D eigenvalue weighted by Crippen LogP contribution is 2.34. The molecule has 0 aliphatic carbocycles. The van der Waals surface area contributed by atoms with Crippen LogP contribution in [-0.4, -0.2) is 26.1 Å². The zero-order valence-electron chi connectivity index (χ0n) is 14.1. The van der Waals surface area contributed by atoms with Crippen molar-refractivity contribution in [1.29, 1.82) is 0 Å². The smallest absolute Gasteiger partial charge is 0.326 e. The number of hydrogen-bond acceptors (Lipinski definition) is 5. The van der Waals surface area contributed by atoms with Crippen molar-refractivity contribution < 1.29 is 9.53 Å². The summed E-state index contributed by atoms with van der Waals surface area (Å²) in [6.45, 7) is 7.59. The van der Waals surface area contributed by atoms with E-state index >= 15 is 0 Å². The fourth-order valence-electron chi connectivity index (χ4n) is 2.90. The number of ether oxygens (including phenoxy) is 1. The zero-order chi connectivity index (χ0) is 17.6. The molecule has 126 valence electrons. The summed E-state index contributed by atoms with van der Waals surface area (Å²) in [4.78, 5) is 20.8. The lowest BCUT2D eigenvalue weighted by molar-refractivity contribution is -0.155. The van der Waals surface area contributed by atoms with Crippen LogP contribution in [0.1, 0.15) is 26.3 Å². The molecular formula is C17H19BrN4O2. The van der Waals surface area contributed by atoms with Gasteiger partial charge in [0.1, 0.15) is 29.9 Å². The molecular weight excluding hydrogens is 372 g/mol. The summed E-state index contributed by atoms with van der Waals surface area (Å²) in [6.07, 6.45) is 1.41. The summed E-state index contributed by atoms with van der Waals surface area (Å²) >= 11 is 3.51. The molecule has 6 nitrogen and oxygen atoms in total. The summed E-state index contributed by atoms with van der Waals surface area (Å²) in [5.74, 6) is 0.0752. The third-order valence-electron chi connectivity index (χ3n) is 3.62. The molecule has 0 aliphatic rings. The third-order valence-corrected chi connectivity index (χ3v) is 4.08. The van der Waals surface area contributed by atoms with Gasteiger partial charge in [-0.3, -0.25) is 4.79 Å². The summed E-state index contributed by atoms with van der Waals surface area (Å²) in [7, 11) is 0. The Kier molecular flexibility index (Phi) is 3.99. The minimum Gasteiger partial charge on any atom is -0.459 e. The normalized spacial score (nSPS) is 12.0. The standard InChI is InChI=1S/C17H19BrN4O2/c1-9-5-10(18)6-11-13-15(19)20-8-21-16(13)22(14(9)11)7-12(23)24-17(2,3)4/h5-6,8H,7H2,1-4H3,(H2,19,20,21). The number of nitrogen functional groups attached to an aromatic ring is 1. The predicted octanol–water partition coefficient (Wildman–Crippen LogP) is 3.58. The molecule has 0 spiro atoms. The number of hydrogen-bond donors (Lipinski definition) is 1. The van der Waals surface area contributed by atoms with E-state index in [9.17, 15) is 4.79 Å². The molecule has 2 heterocycles. The number of carbonyl (C=O) groups is 1. The van der Waals surface area contributed by atoms with Crippen molar-refractivity contribution in [2.24, 2.45) is 0 Å². The third kappa shape index (κ3) is 2.96. The van der Waals surface area contributed by atoms with Crippen LogP contribution in [0.25, 0.3) is 21.9 Å². The summed E-state index contributed by atoms with van der Waals surface area (Å²) in [5, 5.41) is 1.67. The molecule has 0 aliphatic heterocycles. The second kappa shape index (κ2) is 5.73. The van der Waals surface area contributed by atoms with Crippen molar-refractivity contribution in [2.75, 3.05) is 5.73 Å². The van der Waals surface area contributed by atoms with E-state index in [2.05, 4.69) is 25.9 Å². The van der Waals surface area contributed by atoms with Gasteiger partial charge in [-0.15, -0.1) is 0 Å². The number of carbonyl (C=O) groups excluding carboxylic acids is 1. The number of aromatic nitrogens is 3. The van der Waals surface area contributed by atoms with Crippen LogP contribution in [0.15, 0.2) is 22.9 Å². The lowest BCUT2D eigenvalue weighted by atomic mass is 10.1. The number of anilines is 1. The number of nitrogens with two attached hydrogens (primary N) is 1. The summed E-state index contributed by atoms with van der Waals surface area (Å²) in [6, 6.07) is 3.96. The number of rotatable bonds is 2. The van der Waals surface area contributed by atoms with Crippen molar-refractivity contribution in [2.45, 2.75) is 39.8 Å².